The van der Waals surface area contributed by atoms with Crippen molar-refractivity contribution in [3.63, 3.8) is 0 Å². The third-order valence-electron chi connectivity index (χ3n) is 3.43. The molecule has 0 radical (unpaired) electrons. The monoisotopic (exact) mass is 362 g/mol. The van der Waals surface area contributed by atoms with Crippen LogP contribution >= 0.6 is 0 Å². The molecular formula is C17H34N2O6. The molecule has 0 aromatic carbocycles. The number of aliphatic hydroxyl groups excluding tert-OH is 4. The molecule has 4 unspecified atom stereocenters. The minimum Gasteiger partial charge on any atom is -0.392 e. The van der Waals surface area contributed by atoms with Gasteiger partial charge in [0.25, 0.3) is 0 Å². The maximum atomic E-state index is 12.2. The second kappa shape index (κ2) is 12.2. The zero-order valence-electron chi connectivity index (χ0n) is 15.8. The quantitative estimate of drug-likeness (QED) is 0.366. The van der Waals surface area contributed by atoms with Crippen LogP contribution in [-0.4, -0.2) is 92.6 Å². The van der Waals surface area contributed by atoms with Gasteiger partial charge < -0.3 is 30.2 Å². The summed E-state index contributed by atoms with van der Waals surface area (Å²) in [6.45, 7) is 6.79. The highest BCUT2D eigenvalue weighted by atomic mass is 16.3. The van der Waals surface area contributed by atoms with Gasteiger partial charge in [0.05, 0.1) is 24.4 Å². The molecule has 0 heterocycles. The summed E-state index contributed by atoms with van der Waals surface area (Å²) in [5, 5.41) is 37.8. The SMILES string of the molecule is CC(O)CN(CC(C)O)C(=O)CCCC(=O)N(CC(C)O)CC(C)O. The van der Waals surface area contributed by atoms with Crippen molar-refractivity contribution in [3.8, 4) is 0 Å². The maximum absolute atomic E-state index is 12.2. The van der Waals surface area contributed by atoms with E-state index in [1.165, 1.54) is 9.80 Å². The van der Waals surface area contributed by atoms with Crippen molar-refractivity contribution in [3.05, 3.63) is 0 Å². The number of nitrogens with zero attached hydrogens (tertiary/aromatic N) is 2. The number of carbonyl (C=O) groups excluding carboxylic acids is 2. The van der Waals surface area contributed by atoms with Crippen molar-refractivity contribution in [1.29, 1.82) is 0 Å². The molecule has 0 bridgehead atoms. The highest BCUT2D eigenvalue weighted by molar-refractivity contribution is 5.79. The van der Waals surface area contributed by atoms with Gasteiger partial charge in [-0.2, -0.15) is 0 Å². The molecule has 0 fully saturated rings. The Morgan fingerprint density at radius 1 is 0.640 bits per heavy atom. The fourth-order valence-corrected chi connectivity index (χ4v) is 2.54. The van der Waals surface area contributed by atoms with Crippen molar-refractivity contribution < 1.29 is 30.0 Å². The van der Waals surface area contributed by atoms with Crippen LogP contribution in [0.2, 0.25) is 0 Å². The lowest BCUT2D eigenvalue weighted by Gasteiger charge is -2.26. The normalized spacial score (nSPS) is 16.0. The van der Waals surface area contributed by atoms with Gasteiger partial charge in [-0.15, -0.1) is 0 Å². The van der Waals surface area contributed by atoms with Crippen molar-refractivity contribution in [2.75, 3.05) is 26.2 Å². The number of carbonyl (C=O) groups is 2. The zero-order chi connectivity index (χ0) is 19.6. The van der Waals surface area contributed by atoms with Crippen molar-refractivity contribution in [2.45, 2.75) is 71.4 Å². The van der Waals surface area contributed by atoms with E-state index >= 15 is 0 Å². The van der Waals surface area contributed by atoms with E-state index in [1.807, 2.05) is 0 Å². The molecule has 0 spiro atoms. The third-order valence-corrected chi connectivity index (χ3v) is 3.43. The van der Waals surface area contributed by atoms with E-state index in [0.717, 1.165) is 0 Å². The average molecular weight is 362 g/mol. The molecule has 8 nitrogen and oxygen atoms in total. The van der Waals surface area contributed by atoms with Gasteiger partial charge in [0.1, 0.15) is 0 Å². The average Bonchev–Trinajstić information content (AvgIpc) is 2.43. The molecular weight excluding hydrogens is 328 g/mol. The Morgan fingerprint density at radius 3 is 1.08 bits per heavy atom. The Balaban J connectivity index is 4.51. The molecule has 0 aliphatic heterocycles. The van der Waals surface area contributed by atoms with Gasteiger partial charge in [-0.05, 0) is 34.1 Å². The second-order valence-corrected chi connectivity index (χ2v) is 6.85. The smallest absolute Gasteiger partial charge is 0.222 e. The molecule has 0 aromatic rings. The van der Waals surface area contributed by atoms with Crippen LogP contribution in [0, 0.1) is 0 Å². The van der Waals surface area contributed by atoms with Crippen LogP contribution in [0.25, 0.3) is 0 Å². The highest BCUT2D eigenvalue weighted by Gasteiger charge is 2.20. The van der Waals surface area contributed by atoms with Crippen LogP contribution in [0.15, 0.2) is 0 Å². The minimum absolute atomic E-state index is 0.127. The zero-order valence-corrected chi connectivity index (χ0v) is 15.8. The number of rotatable bonds is 12. The largest absolute Gasteiger partial charge is 0.392 e. The molecule has 148 valence electrons. The molecule has 0 rings (SSSR count). The van der Waals surface area contributed by atoms with E-state index in [1.54, 1.807) is 27.7 Å². The Bertz CT molecular complexity index is 343. The first-order valence-corrected chi connectivity index (χ1v) is 8.80. The first-order chi connectivity index (χ1) is 11.5. The first-order valence-electron chi connectivity index (χ1n) is 8.80. The summed E-state index contributed by atoms with van der Waals surface area (Å²) in [5.41, 5.74) is 0. The summed E-state index contributed by atoms with van der Waals surface area (Å²) >= 11 is 0. The fourth-order valence-electron chi connectivity index (χ4n) is 2.54. The van der Waals surface area contributed by atoms with E-state index in [-0.39, 0.29) is 50.8 Å². The van der Waals surface area contributed by atoms with Gasteiger partial charge in [-0.3, -0.25) is 9.59 Å². The van der Waals surface area contributed by atoms with E-state index in [2.05, 4.69) is 0 Å². The van der Waals surface area contributed by atoms with Crippen molar-refractivity contribution in [2.24, 2.45) is 0 Å². The predicted molar refractivity (Wildman–Crippen MR) is 93.7 cm³/mol. The van der Waals surface area contributed by atoms with E-state index < -0.39 is 24.4 Å². The van der Waals surface area contributed by atoms with E-state index in [4.69, 9.17) is 0 Å². The Morgan fingerprint density at radius 2 is 0.880 bits per heavy atom. The van der Waals surface area contributed by atoms with E-state index in [9.17, 15) is 30.0 Å². The molecule has 0 aromatic heterocycles. The lowest BCUT2D eigenvalue weighted by Crippen LogP contribution is -2.41. The summed E-state index contributed by atoms with van der Waals surface area (Å²) in [5.74, 6) is -0.459. The van der Waals surface area contributed by atoms with Gasteiger partial charge >= 0.3 is 0 Å². The van der Waals surface area contributed by atoms with E-state index in [0.29, 0.717) is 6.42 Å². The van der Waals surface area contributed by atoms with Crippen LogP contribution < -0.4 is 0 Å². The van der Waals surface area contributed by atoms with Crippen LogP contribution in [0.1, 0.15) is 47.0 Å². The molecule has 0 saturated carbocycles. The summed E-state index contributed by atoms with van der Waals surface area (Å²) in [4.78, 5) is 27.2. The van der Waals surface area contributed by atoms with Crippen LogP contribution in [0.4, 0.5) is 0 Å². The molecule has 4 atom stereocenters. The van der Waals surface area contributed by atoms with Crippen molar-refractivity contribution >= 4 is 11.8 Å². The Labute approximate surface area is 150 Å². The van der Waals surface area contributed by atoms with Gasteiger partial charge in [-0.25, -0.2) is 0 Å². The standard InChI is InChI=1S/C17H34N2O6/c1-12(20)8-18(9-13(2)21)16(24)6-5-7-17(25)19(10-14(3)22)11-15(4)23/h12-15,20-23H,5-11H2,1-4H3. The Kier molecular flexibility index (Phi) is 11.6. The molecule has 8 heteroatoms. The lowest BCUT2D eigenvalue weighted by molar-refractivity contribution is -0.135. The fraction of sp³-hybridized carbons (Fsp3) is 0.882. The number of hydrogen-bond donors (Lipinski definition) is 4. The topological polar surface area (TPSA) is 122 Å². The lowest BCUT2D eigenvalue weighted by atomic mass is 10.1. The van der Waals surface area contributed by atoms with Gasteiger partial charge in [0.15, 0.2) is 0 Å². The van der Waals surface area contributed by atoms with Gasteiger partial charge in [0, 0.05) is 39.0 Å². The summed E-state index contributed by atoms with van der Waals surface area (Å²) in [6, 6.07) is 0. The van der Waals surface area contributed by atoms with Crippen LogP contribution in [-0.2, 0) is 9.59 Å². The number of hydrogen-bond acceptors (Lipinski definition) is 6. The molecule has 0 saturated heterocycles. The van der Waals surface area contributed by atoms with Crippen LogP contribution in [0.5, 0.6) is 0 Å². The summed E-state index contributed by atoms with van der Waals surface area (Å²) in [7, 11) is 0. The highest BCUT2D eigenvalue weighted by Crippen LogP contribution is 2.07. The maximum Gasteiger partial charge on any atom is 0.222 e. The van der Waals surface area contributed by atoms with Gasteiger partial charge in [0.2, 0.25) is 11.8 Å². The molecule has 4 N–H and O–H groups in total. The third kappa shape index (κ3) is 11.9. The summed E-state index contributed by atoms with van der Waals surface area (Å²) < 4.78 is 0. The number of aliphatic hydroxyl groups is 4. The molecule has 0 aliphatic carbocycles. The second-order valence-electron chi connectivity index (χ2n) is 6.85. The van der Waals surface area contributed by atoms with Crippen LogP contribution in [0.3, 0.4) is 0 Å². The first kappa shape index (κ1) is 23.8. The molecule has 0 aliphatic rings. The number of amides is 2. The molecule has 25 heavy (non-hydrogen) atoms. The predicted octanol–water partition coefficient (Wildman–Crippen LogP) is -0.663. The summed E-state index contributed by atoms with van der Waals surface area (Å²) in [6.07, 6.45) is -2.21. The van der Waals surface area contributed by atoms with Crippen molar-refractivity contribution in [1.82, 2.24) is 9.80 Å². The van der Waals surface area contributed by atoms with Gasteiger partial charge in [-0.1, -0.05) is 0 Å². The minimum atomic E-state index is -0.697. The molecule has 2 amide bonds. The Hall–Kier alpha value is -1.22.